The number of halogens is 3. The zero-order chi connectivity index (χ0) is 15.9. The molecule has 4 nitrogen and oxygen atoms in total. The van der Waals surface area contributed by atoms with Gasteiger partial charge in [0, 0.05) is 16.3 Å². The van der Waals surface area contributed by atoms with Crippen molar-refractivity contribution in [1.29, 1.82) is 0 Å². The molecule has 0 atom stereocenters. The molecule has 0 aromatic heterocycles. The van der Waals surface area contributed by atoms with Gasteiger partial charge >= 0.3 is 6.61 Å². The van der Waals surface area contributed by atoms with Crippen LogP contribution in [-0.4, -0.2) is 12.6 Å². The van der Waals surface area contributed by atoms with Crippen molar-refractivity contribution in [3.63, 3.8) is 0 Å². The summed E-state index contributed by atoms with van der Waals surface area (Å²) in [6, 6.07) is 13.6. The maximum atomic E-state index is 12.4. The highest BCUT2D eigenvalue weighted by atomic mass is 35.5. The molecule has 116 valence electrons. The number of guanidine groups is 1. The first-order valence-electron chi connectivity index (χ1n) is 6.40. The van der Waals surface area contributed by atoms with Gasteiger partial charge in [0.1, 0.15) is 5.75 Å². The van der Waals surface area contributed by atoms with E-state index in [1.807, 2.05) is 30.3 Å². The second-order valence-electron chi connectivity index (χ2n) is 4.32. The highest BCUT2D eigenvalue weighted by Crippen LogP contribution is 2.25. The van der Waals surface area contributed by atoms with E-state index in [1.165, 1.54) is 18.2 Å². The van der Waals surface area contributed by atoms with Crippen molar-refractivity contribution in [3.05, 3.63) is 59.1 Å². The largest absolute Gasteiger partial charge is 0.434 e. The lowest BCUT2D eigenvalue weighted by atomic mass is 10.2. The van der Waals surface area contributed by atoms with Gasteiger partial charge < -0.3 is 15.8 Å². The van der Waals surface area contributed by atoms with Gasteiger partial charge in [0.15, 0.2) is 5.96 Å². The van der Waals surface area contributed by atoms with E-state index in [9.17, 15) is 8.78 Å². The third-order valence-electron chi connectivity index (χ3n) is 2.70. The summed E-state index contributed by atoms with van der Waals surface area (Å²) < 4.78 is 29.1. The minimum absolute atomic E-state index is 0.0238. The molecule has 0 unspecified atom stereocenters. The number of hydrogen-bond acceptors (Lipinski definition) is 2. The Morgan fingerprint density at radius 2 is 1.95 bits per heavy atom. The van der Waals surface area contributed by atoms with Gasteiger partial charge in [0.05, 0.1) is 6.54 Å². The van der Waals surface area contributed by atoms with Crippen molar-refractivity contribution in [1.82, 2.24) is 0 Å². The van der Waals surface area contributed by atoms with Crippen LogP contribution in [0.25, 0.3) is 0 Å². The molecule has 3 N–H and O–H groups in total. The predicted octanol–water partition coefficient (Wildman–Crippen LogP) is 3.87. The number of alkyl halides is 2. The van der Waals surface area contributed by atoms with Crippen LogP contribution in [0.3, 0.4) is 0 Å². The van der Waals surface area contributed by atoms with Crippen LogP contribution in [0.15, 0.2) is 53.5 Å². The first-order valence-corrected chi connectivity index (χ1v) is 6.77. The molecule has 0 heterocycles. The predicted molar refractivity (Wildman–Crippen MR) is 83.5 cm³/mol. The average molecular weight is 326 g/mol. The fourth-order valence-corrected chi connectivity index (χ4v) is 1.96. The van der Waals surface area contributed by atoms with E-state index in [2.05, 4.69) is 15.0 Å². The number of nitrogens with two attached hydrogens (primary N) is 1. The Kier molecular flexibility index (Phi) is 5.55. The van der Waals surface area contributed by atoms with E-state index in [0.717, 1.165) is 5.69 Å². The highest BCUT2D eigenvalue weighted by molar-refractivity contribution is 6.30. The normalized spacial score (nSPS) is 11.5. The van der Waals surface area contributed by atoms with Crippen LogP contribution in [0.4, 0.5) is 14.5 Å². The zero-order valence-corrected chi connectivity index (χ0v) is 12.2. The molecule has 0 aliphatic heterocycles. The van der Waals surface area contributed by atoms with Crippen molar-refractivity contribution >= 4 is 23.2 Å². The van der Waals surface area contributed by atoms with Crippen LogP contribution in [0.1, 0.15) is 5.56 Å². The molecule has 0 amide bonds. The van der Waals surface area contributed by atoms with Gasteiger partial charge in [0.25, 0.3) is 0 Å². The number of rotatable bonds is 5. The molecule has 0 bridgehead atoms. The van der Waals surface area contributed by atoms with Crippen molar-refractivity contribution in [3.8, 4) is 5.75 Å². The van der Waals surface area contributed by atoms with Crippen LogP contribution in [0.2, 0.25) is 5.02 Å². The van der Waals surface area contributed by atoms with Crippen molar-refractivity contribution in [2.24, 2.45) is 10.7 Å². The fraction of sp³-hybridized carbons (Fsp3) is 0.133. The van der Waals surface area contributed by atoms with Gasteiger partial charge in [-0.25, -0.2) is 4.99 Å². The summed E-state index contributed by atoms with van der Waals surface area (Å²) in [4.78, 5) is 4.10. The van der Waals surface area contributed by atoms with Gasteiger partial charge in [-0.2, -0.15) is 8.78 Å². The summed E-state index contributed by atoms with van der Waals surface area (Å²) in [5.41, 5.74) is 6.96. The van der Waals surface area contributed by atoms with E-state index in [1.54, 1.807) is 0 Å². The lowest BCUT2D eigenvalue weighted by Gasteiger charge is -2.10. The molecule has 22 heavy (non-hydrogen) atoms. The Balaban J connectivity index is 2.09. The molecule has 0 aliphatic carbocycles. The van der Waals surface area contributed by atoms with Crippen LogP contribution in [-0.2, 0) is 6.54 Å². The Hall–Kier alpha value is -2.34. The van der Waals surface area contributed by atoms with Crippen molar-refractivity contribution < 1.29 is 13.5 Å². The molecule has 0 saturated heterocycles. The van der Waals surface area contributed by atoms with Gasteiger partial charge in [-0.3, -0.25) is 0 Å². The van der Waals surface area contributed by atoms with Crippen LogP contribution in [0.5, 0.6) is 5.75 Å². The van der Waals surface area contributed by atoms with E-state index in [-0.39, 0.29) is 18.3 Å². The number of hydrogen-bond donors (Lipinski definition) is 2. The number of benzene rings is 2. The number of nitrogens with zero attached hydrogens (tertiary/aromatic N) is 1. The summed E-state index contributed by atoms with van der Waals surface area (Å²) in [5.74, 6) is 0.185. The summed E-state index contributed by atoms with van der Waals surface area (Å²) in [7, 11) is 0. The minimum atomic E-state index is -2.91. The maximum absolute atomic E-state index is 12.4. The first kappa shape index (κ1) is 16.0. The first-order chi connectivity index (χ1) is 10.5. The molecule has 2 rings (SSSR count). The van der Waals surface area contributed by atoms with E-state index in [4.69, 9.17) is 17.3 Å². The fourth-order valence-electron chi connectivity index (χ4n) is 1.76. The maximum Gasteiger partial charge on any atom is 0.387 e. The van der Waals surface area contributed by atoms with Crippen LogP contribution < -0.4 is 15.8 Å². The Morgan fingerprint density at radius 1 is 1.23 bits per heavy atom. The third-order valence-corrected chi connectivity index (χ3v) is 2.94. The quantitative estimate of drug-likeness (QED) is 0.648. The molecule has 0 aliphatic rings. The van der Waals surface area contributed by atoms with Gasteiger partial charge in [-0.1, -0.05) is 29.8 Å². The summed E-state index contributed by atoms with van der Waals surface area (Å²) >= 11 is 5.86. The number of nitrogens with one attached hydrogen (secondary N) is 1. The number of ether oxygens (including phenoxy) is 1. The lowest BCUT2D eigenvalue weighted by Crippen LogP contribution is -2.22. The van der Waals surface area contributed by atoms with Crippen LogP contribution in [0, 0.1) is 0 Å². The molecule has 0 spiro atoms. The van der Waals surface area contributed by atoms with Gasteiger partial charge in [-0.05, 0) is 30.3 Å². The van der Waals surface area contributed by atoms with E-state index < -0.39 is 6.61 Å². The Labute approximate surface area is 131 Å². The van der Waals surface area contributed by atoms with Crippen molar-refractivity contribution in [2.75, 3.05) is 5.32 Å². The third kappa shape index (κ3) is 4.89. The summed E-state index contributed by atoms with van der Waals surface area (Å²) in [5, 5.41) is 3.30. The molecule has 2 aromatic rings. The molecule has 0 radical (unpaired) electrons. The van der Waals surface area contributed by atoms with Crippen LogP contribution >= 0.6 is 11.6 Å². The molecule has 0 saturated carbocycles. The molecule has 7 heteroatoms. The SMILES string of the molecule is NC(=NCc1cc(Cl)ccc1OC(F)F)Nc1ccccc1. The molecule has 0 fully saturated rings. The van der Waals surface area contributed by atoms with E-state index in [0.29, 0.717) is 10.6 Å². The summed E-state index contributed by atoms with van der Waals surface area (Å²) in [6.45, 7) is -2.85. The monoisotopic (exact) mass is 325 g/mol. The zero-order valence-electron chi connectivity index (χ0n) is 11.5. The Bertz CT molecular complexity index is 650. The smallest absolute Gasteiger partial charge is 0.387 e. The number of para-hydroxylation sites is 1. The molecular formula is C15H14ClF2N3O. The van der Waals surface area contributed by atoms with Gasteiger partial charge in [-0.15, -0.1) is 0 Å². The molecule has 2 aromatic carbocycles. The van der Waals surface area contributed by atoms with Gasteiger partial charge in [0.2, 0.25) is 0 Å². The summed E-state index contributed by atoms with van der Waals surface area (Å²) in [6.07, 6.45) is 0. The highest BCUT2D eigenvalue weighted by Gasteiger charge is 2.10. The van der Waals surface area contributed by atoms with Crippen molar-refractivity contribution in [2.45, 2.75) is 13.2 Å². The topological polar surface area (TPSA) is 59.6 Å². The second-order valence-corrected chi connectivity index (χ2v) is 4.76. The lowest BCUT2D eigenvalue weighted by molar-refractivity contribution is -0.0504. The Morgan fingerprint density at radius 3 is 2.64 bits per heavy atom. The standard InChI is InChI=1S/C15H14ClF2N3O/c16-11-6-7-13(22-14(17)18)10(8-11)9-20-15(19)21-12-4-2-1-3-5-12/h1-8,14H,9H2,(H3,19,20,21). The average Bonchev–Trinajstić information content (AvgIpc) is 2.48. The molecular weight excluding hydrogens is 312 g/mol. The number of aliphatic imine (C=N–C) groups is 1. The minimum Gasteiger partial charge on any atom is -0.434 e. The number of anilines is 1. The van der Waals surface area contributed by atoms with E-state index >= 15 is 0 Å². The second kappa shape index (κ2) is 7.61.